The number of aromatic nitrogens is 2. The summed E-state index contributed by atoms with van der Waals surface area (Å²) in [5.74, 6) is 1.53. The molecule has 0 aliphatic carbocycles. The average molecular weight is 289 g/mol. The lowest BCUT2D eigenvalue weighted by Crippen LogP contribution is -2.05. The number of unbranched alkanes of at least 4 members (excludes halogenated alkanes) is 1. The fourth-order valence-corrected chi connectivity index (χ4v) is 2.08. The second kappa shape index (κ2) is 7.69. The predicted molar refractivity (Wildman–Crippen MR) is 84.0 cm³/mol. The second-order valence-corrected chi connectivity index (χ2v) is 4.91. The van der Waals surface area contributed by atoms with E-state index in [1.165, 1.54) is 0 Å². The first-order chi connectivity index (χ1) is 10.3. The molecule has 0 atom stereocenters. The van der Waals surface area contributed by atoms with Gasteiger partial charge in [0.15, 0.2) is 0 Å². The van der Waals surface area contributed by atoms with Gasteiger partial charge < -0.3 is 15.2 Å². The smallest absolute Gasteiger partial charge is 0.130 e. The van der Waals surface area contributed by atoms with Crippen molar-refractivity contribution in [3.05, 3.63) is 36.0 Å². The lowest BCUT2D eigenvalue weighted by atomic mass is 10.1. The van der Waals surface area contributed by atoms with Crippen molar-refractivity contribution in [1.82, 2.24) is 9.78 Å². The van der Waals surface area contributed by atoms with Crippen LogP contribution < -0.4 is 10.5 Å². The van der Waals surface area contributed by atoms with Gasteiger partial charge in [-0.2, -0.15) is 5.10 Å². The molecule has 21 heavy (non-hydrogen) atoms. The molecule has 0 spiro atoms. The van der Waals surface area contributed by atoms with Gasteiger partial charge in [-0.15, -0.1) is 0 Å². The summed E-state index contributed by atoms with van der Waals surface area (Å²) < 4.78 is 12.3. The van der Waals surface area contributed by atoms with Gasteiger partial charge in [-0.25, -0.2) is 4.68 Å². The summed E-state index contributed by atoms with van der Waals surface area (Å²) in [5.41, 5.74) is 8.21. The topological polar surface area (TPSA) is 62.3 Å². The highest BCUT2D eigenvalue weighted by Gasteiger charge is 2.08. The summed E-state index contributed by atoms with van der Waals surface area (Å²) in [6, 6.07) is 7.74. The molecule has 5 heteroatoms. The lowest BCUT2D eigenvalue weighted by molar-refractivity contribution is 0.146. The van der Waals surface area contributed by atoms with Crippen molar-refractivity contribution in [1.29, 1.82) is 0 Å². The summed E-state index contributed by atoms with van der Waals surface area (Å²) in [6.07, 6.45) is 5.11. The van der Waals surface area contributed by atoms with Crippen LogP contribution in [0.3, 0.4) is 0 Å². The minimum atomic E-state index is 0.543. The van der Waals surface area contributed by atoms with Gasteiger partial charge in [0.1, 0.15) is 18.2 Å². The molecule has 5 nitrogen and oxygen atoms in total. The van der Waals surface area contributed by atoms with E-state index in [9.17, 15) is 0 Å². The van der Waals surface area contributed by atoms with Gasteiger partial charge in [0.2, 0.25) is 0 Å². The number of hydrogen-bond acceptors (Lipinski definition) is 4. The van der Waals surface area contributed by atoms with E-state index in [1.54, 1.807) is 11.8 Å². The van der Waals surface area contributed by atoms with E-state index in [0.29, 0.717) is 13.2 Å². The maximum Gasteiger partial charge on any atom is 0.130 e. The minimum Gasteiger partial charge on any atom is -0.491 e. The fraction of sp³-hybridized carbons (Fsp3) is 0.438. The summed E-state index contributed by atoms with van der Waals surface area (Å²) >= 11 is 0. The van der Waals surface area contributed by atoms with E-state index < -0.39 is 0 Å². The molecular formula is C16H23N3O2. The van der Waals surface area contributed by atoms with E-state index >= 15 is 0 Å². The number of hydrogen-bond donors (Lipinski definition) is 1. The van der Waals surface area contributed by atoms with Crippen LogP contribution in [0.1, 0.15) is 25.3 Å². The standard InChI is InChI=1S/C16H23N3O2/c1-3-4-5-13-12-18-19(16(13)17)14-6-8-15(9-7-14)21-11-10-20-2/h6-9,12H,3-5,10-11,17H2,1-2H3. The molecule has 2 N–H and O–H groups in total. The first-order valence-electron chi connectivity index (χ1n) is 7.30. The quantitative estimate of drug-likeness (QED) is 0.759. The lowest BCUT2D eigenvalue weighted by Gasteiger charge is -2.08. The monoisotopic (exact) mass is 289 g/mol. The molecule has 0 fully saturated rings. The normalized spacial score (nSPS) is 10.8. The zero-order chi connectivity index (χ0) is 15.1. The predicted octanol–water partition coefficient (Wildman–Crippen LogP) is 2.82. The summed E-state index contributed by atoms with van der Waals surface area (Å²) in [6.45, 7) is 3.29. The molecule has 0 aliphatic heterocycles. The first-order valence-corrected chi connectivity index (χ1v) is 7.30. The third-order valence-corrected chi connectivity index (χ3v) is 3.32. The van der Waals surface area contributed by atoms with Crippen molar-refractivity contribution in [3.63, 3.8) is 0 Å². The van der Waals surface area contributed by atoms with E-state index in [0.717, 1.165) is 42.1 Å². The van der Waals surface area contributed by atoms with Gasteiger partial charge in [0.05, 0.1) is 18.5 Å². The van der Waals surface area contributed by atoms with Crippen LogP contribution in [0.4, 0.5) is 5.82 Å². The Morgan fingerprint density at radius 1 is 1.19 bits per heavy atom. The first kappa shape index (κ1) is 15.4. The number of ether oxygens (including phenoxy) is 2. The zero-order valence-corrected chi connectivity index (χ0v) is 12.7. The Labute approximate surface area is 125 Å². The third kappa shape index (κ3) is 3.98. The fourth-order valence-electron chi connectivity index (χ4n) is 2.08. The Morgan fingerprint density at radius 3 is 2.62 bits per heavy atom. The van der Waals surface area contributed by atoms with Crippen molar-refractivity contribution in [2.24, 2.45) is 0 Å². The van der Waals surface area contributed by atoms with Crippen molar-refractivity contribution in [2.75, 3.05) is 26.1 Å². The largest absolute Gasteiger partial charge is 0.491 e. The third-order valence-electron chi connectivity index (χ3n) is 3.32. The summed E-state index contributed by atoms with van der Waals surface area (Å²) in [5, 5.41) is 4.37. The number of nitrogens with two attached hydrogens (primary N) is 1. The van der Waals surface area contributed by atoms with E-state index in [1.807, 2.05) is 30.5 Å². The highest BCUT2D eigenvalue weighted by molar-refractivity contribution is 5.48. The molecule has 114 valence electrons. The molecule has 2 rings (SSSR count). The van der Waals surface area contributed by atoms with E-state index in [4.69, 9.17) is 15.2 Å². The molecule has 1 aromatic heterocycles. The molecule has 1 aromatic carbocycles. The number of nitrogens with zero attached hydrogens (tertiary/aromatic N) is 2. The van der Waals surface area contributed by atoms with Crippen LogP contribution in [0.25, 0.3) is 5.69 Å². The highest BCUT2D eigenvalue weighted by atomic mass is 16.5. The van der Waals surface area contributed by atoms with Crippen molar-refractivity contribution in [2.45, 2.75) is 26.2 Å². The molecule has 0 saturated heterocycles. The summed E-state index contributed by atoms with van der Waals surface area (Å²) in [4.78, 5) is 0. The SMILES string of the molecule is CCCCc1cnn(-c2ccc(OCCOC)cc2)c1N. The molecule has 0 bridgehead atoms. The Balaban J connectivity index is 2.06. The number of anilines is 1. The Morgan fingerprint density at radius 2 is 1.95 bits per heavy atom. The Hall–Kier alpha value is -2.01. The van der Waals surface area contributed by atoms with Crippen LogP contribution in [-0.4, -0.2) is 30.1 Å². The van der Waals surface area contributed by atoms with Crippen LogP contribution >= 0.6 is 0 Å². The minimum absolute atomic E-state index is 0.543. The maximum absolute atomic E-state index is 6.17. The van der Waals surface area contributed by atoms with Crippen LogP contribution in [0.2, 0.25) is 0 Å². The Bertz CT molecular complexity index is 549. The molecule has 0 unspecified atom stereocenters. The number of benzene rings is 1. The summed E-state index contributed by atoms with van der Waals surface area (Å²) in [7, 11) is 1.66. The second-order valence-electron chi connectivity index (χ2n) is 4.91. The molecule has 0 saturated carbocycles. The number of rotatable bonds is 8. The van der Waals surface area contributed by atoms with Crippen LogP contribution in [0, 0.1) is 0 Å². The van der Waals surface area contributed by atoms with Crippen molar-refractivity contribution in [3.8, 4) is 11.4 Å². The highest BCUT2D eigenvalue weighted by Crippen LogP contribution is 2.21. The Kier molecular flexibility index (Phi) is 5.63. The number of methoxy groups -OCH3 is 1. The van der Waals surface area contributed by atoms with Gasteiger partial charge >= 0.3 is 0 Å². The van der Waals surface area contributed by atoms with Gasteiger partial charge in [0.25, 0.3) is 0 Å². The van der Waals surface area contributed by atoms with Gasteiger partial charge in [-0.1, -0.05) is 13.3 Å². The average Bonchev–Trinajstić information content (AvgIpc) is 2.87. The molecule has 2 aromatic rings. The van der Waals surface area contributed by atoms with Gasteiger partial charge in [0, 0.05) is 12.7 Å². The van der Waals surface area contributed by atoms with Crippen molar-refractivity contribution >= 4 is 5.82 Å². The molecule has 0 amide bonds. The number of aryl methyl sites for hydroxylation is 1. The van der Waals surface area contributed by atoms with Gasteiger partial charge in [-0.3, -0.25) is 0 Å². The van der Waals surface area contributed by atoms with Crippen LogP contribution in [0.5, 0.6) is 5.75 Å². The van der Waals surface area contributed by atoms with Crippen molar-refractivity contribution < 1.29 is 9.47 Å². The molecule has 1 heterocycles. The maximum atomic E-state index is 6.17. The van der Waals surface area contributed by atoms with Gasteiger partial charge in [-0.05, 0) is 37.1 Å². The molecular weight excluding hydrogens is 266 g/mol. The molecule has 0 radical (unpaired) electrons. The molecule has 0 aliphatic rings. The number of nitrogen functional groups attached to an aromatic ring is 1. The van der Waals surface area contributed by atoms with E-state index in [2.05, 4.69) is 12.0 Å². The van der Waals surface area contributed by atoms with Crippen LogP contribution in [0.15, 0.2) is 30.5 Å². The zero-order valence-electron chi connectivity index (χ0n) is 12.7. The van der Waals surface area contributed by atoms with Crippen LogP contribution in [-0.2, 0) is 11.2 Å². The van der Waals surface area contributed by atoms with E-state index in [-0.39, 0.29) is 0 Å².